The molecular formula is C16H22ClN3O. The highest BCUT2D eigenvalue weighted by Gasteiger charge is 2.28. The lowest BCUT2D eigenvalue weighted by Crippen LogP contribution is -2.52. The number of nitrogens with one attached hydrogen (secondary N) is 1. The molecule has 1 N–H and O–H groups in total. The monoisotopic (exact) mass is 307 g/mol. The molecule has 2 aliphatic rings. The smallest absolute Gasteiger partial charge is 0.254 e. The van der Waals surface area contributed by atoms with Crippen LogP contribution in [0.4, 0.5) is 0 Å². The van der Waals surface area contributed by atoms with E-state index < -0.39 is 0 Å². The van der Waals surface area contributed by atoms with Crippen LogP contribution in [0.3, 0.4) is 0 Å². The maximum atomic E-state index is 12.6. The molecule has 0 bridgehead atoms. The Morgan fingerprint density at radius 1 is 1.24 bits per heavy atom. The van der Waals surface area contributed by atoms with Crippen LogP contribution >= 0.6 is 11.6 Å². The van der Waals surface area contributed by atoms with Crippen LogP contribution in [-0.2, 0) is 0 Å². The van der Waals surface area contributed by atoms with E-state index in [1.165, 1.54) is 6.42 Å². The van der Waals surface area contributed by atoms with Gasteiger partial charge in [0.1, 0.15) is 0 Å². The zero-order chi connectivity index (χ0) is 14.8. The van der Waals surface area contributed by atoms with E-state index in [1.807, 2.05) is 24.0 Å². The van der Waals surface area contributed by atoms with Gasteiger partial charge in [0.2, 0.25) is 0 Å². The largest absolute Gasteiger partial charge is 0.336 e. The lowest BCUT2D eigenvalue weighted by atomic mass is 10.1. The topological polar surface area (TPSA) is 35.6 Å². The minimum absolute atomic E-state index is 0.102. The fourth-order valence-corrected chi connectivity index (χ4v) is 3.57. The molecule has 0 radical (unpaired) electrons. The maximum absolute atomic E-state index is 12.6. The summed E-state index contributed by atoms with van der Waals surface area (Å²) >= 11 is 6.06. The first-order chi connectivity index (χ1) is 10.1. The van der Waals surface area contributed by atoms with Gasteiger partial charge in [-0.05, 0) is 43.7 Å². The Labute approximate surface area is 131 Å². The Morgan fingerprint density at radius 2 is 2.00 bits per heavy atom. The van der Waals surface area contributed by atoms with Crippen molar-refractivity contribution in [2.75, 3.05) is 39.3 Å². The molecule has 0 aliphatic carbocycles. The van der Waals surface area contributed by atoms with Gasteiger partial charge in [0.25, 0.3) is 5.91 Å². The van der Waals surface area contributed by atoms with Gasteiger partial charge in [-0.1, -0.05) is 11.6 Å². The van der Waals surface area contributed by atoms with E-state index in [2.05, 4.69) is 10.2 Å². The summed E-state index contributed by atoms with van der Waals surface area (Å²) in [5, 5.41) is 4.04. The average Bonchev–Trinajstić information content (AvgIpc) is 3.00. The molecule has 21 heavy (non-hydrogen) atoms. The molecule has 4 nitrogen and oxygen atoms in total. The van der Waals surface area contributed by atoms with Gasteiger partial charge in [-0.25, -0.2) is 0 Å². The molecular weight excluding hydrogens is 286 g/mol. The predicted molar refractivity (Wildman–Crippen MR) is 84.9 cm³/mol. The minimum Gasteiger partial charge on any atom is -0.336 e. The summed E-state index contributed by atoms with van der Waals surface area (Å²) in [4.78, 5) is 17.0. The van der Waals surface area contributed by atoms with Crippen LogP contribution in [0.2, 0.25) is 5.02 Å². The molecule has 1 aromatic rings. The highest BCUT2D eigenvalue weighted by molar-refractivity contribution is 6.31. The number of carbonyl (C=O) groups is 1. The number of halogens is 1. The van der Waals surface area contributed by atoms with E-state index in [-0.39, 0.29) is 5.91 Å². The van der Waals surface area contributed by atoms with E-state index in [4.69, 9.17) is 11.6 Å². The molecule has 1 aromatic carbocycles. The molecule has 2 aliphatic heterocycles. The van der Waals surface area contributed by atoms with E-state index in [0.717, 1.165) is 44.8 Å². The third kappa shape index (κ3) is 3.39. The van der Waals surface area contributed by atoms with E-state index >= 15 is 0 Å². The number of hydrogen-bond donors (Lipinski definition) is 1. The van der Waals surface area contributed by atoms with Gasteiger partial charge in [0, 0.05) is 49.4 Å². The van der Waals surface area contributed by atoms with Gasteiger partial charge in [0.15, 0.2) is 0 Å². The van der Waals surface area contributed by atoms with Crippen LogP contribution in [0.5, 0.6) is 0 Å². The average molecular weight is 308 g/mol. The first-order valence-electron chi connectivity index (χ1n) is 7.65. The zero-order valence-corrected chi connectivity index (χ0v) is 13.2. The highest BCUT2D eigenvalue weighted by Crippen LogP contribution is 2.18. The lowest BCUT2D eigenvalue weighted by Gasteiger charge is -2.37. The van der Waals surface area contributed by atoms with Crippen LogP contribution in [0.1, 0.15) is 22.3 Å². The Kier molecular flexibility index (Phi) is 4.48. The van der Waals surface area contributed by atoms with E-state index in [9.17, 15) is 4.79 Å². The summed E-state index contributed by atoms with van der Waals surface area (Å²) in [6, 6.07) is 6.21. The van der Waals surface area contributed by atoms with Crippen molar-refractivity contribution in [2.45, 2.75) is 19.4 Å². The number of rotatable bonds is 2. The van der Waals surface area contributed by atoms with Gasteiger partial charge < -0.3 is 10.2 Å². The Bertz CT molecular complexity index is 500. The second-order valence-corrected chi connectivity index (χ2v) is 6.43. The Hall–Kier alpha value is -1.10. The molecule has 114 valence electrons. The number of piperazine rings is 1. The second-order valence-electron chi connectivity index (χ2n) is 5.99. The van der Waals surface area contributed by atoms with Gasteiger partial charge in [-0.2, -0.15) is 0 Å². The number of benzene rings is 1. The molecule has 1 unspecified atom stereocenters. The number of amides is 1. The highest BCUT2D eigenvalue weighted by atomic mass is 35.5. The third-order valence-corrected chi connectivity index (χ3v) is 4.66. The molecule has 1 amide bonds. The molecule has 5 heteroatoms. The minimum atomic E-state index is 0.102. The van der Waals surface area contributed by atoms with Crippen molar-refractivity contribution in [3.63, 3.8) is 0 Å². The molecule has 1 atom stereocenters. The number of nitrogens with zero attached hydrogens (tertiary/aromatic N) is 2. The van der Waals surface area contributed by atoms with Crippen LogP contribution in [0.25, 0.3) is 0 Å². The van der Waals surface area contributed by atoms with Gasteiger partial charge in [-0.3, -0.25) is 9.69 Å². The van der Waals surface area contributed by atoms with Gasteiger partial charge in [-0.15, -0.1) is 0 Å². The SMILES string of the molecule is Cc1cc(Cl)cc(C(=O)N2CCN(C3CCNC3)CC2)c1. The predicted octanol–water partition coefficient (Wildman–Crippen LogP) is 1.77. The van der Waals surface area contributed by atoms with Crippen LogP contribution in [0.15, 0.2) is 18.2 Å². The molecule has 3 rings (SSSR count). The number of aryl methyl sites for hydroxylation is 1. The van der Waals surface area contributed by atoms with Crippen molar-refractivity contribution in [1.29, 1.82) is 0 Å². The fourth-order valence-electron chi connectivity index (χ4n) is 3.28. The lowest BCUT2D eigenvalue weighted by molar-refractivity contribution is 0.0584. The number of carbonyl (C=O) groups excluding carboxylic acids is 1. The summed E-state index contributed by atoms with van der Waals surface area (Å²) in [5.74, 6) is 0.102. The normalized spacial score (nSPS) is 23.5. The van der Waals surface area contributed by atoms with E-state index in [1.54, 1.807) is 6.07 Å². The molecule has 2 saturated heterocycles. The molecule has 2 fully saturated rings. The van der Waals surface area contributed by atoms with Crippen molar-refractivity contribution >= 4 is 17.5 Å². The van der Waals surface area contributed by atoms with Crippen molar-refractivity contribution in [3.8, 4) is 0 Å². The zero-order valence-electron chi connectivity index (χ0n) is 12.4. The third-order valence-electron chi connectivity index (χ3n) is 4.44. The fraction of sp³-hybridized carbons (Fsp3) is 0.562. The molecule has 0 aromatic heterocycles. The summed E-state index contributed by atoms with van der Waals surface area (Å²) < 4.78 is 0. The standard InChI is InChI=1S/C16H22ClN3O/c1-12-8-13(10-14(17)9-12)16(21)20-6-4-19(5-7-20)15-2-3-18-11-15/h8-10,15,18H,2-7,11H2,1H3. The summed E-state index contributed by atoms with van der Waals surface area (Å²) in [7, 11) is 0. The molecule has 0 spiro atoms. The van der Waals surface area contributed by atoms with E-state index in [0.29, 0.717) is 16.6 Å². The summed E-state index contributed by atoms with van der Waals surface area (Å²) in [6.45, 7) is 7.72. The van der Waals surface area contributed by atoms with Crippen LogP contribution in [-0.4, -0.2) is 61.0 Å². The Balaban J connectivity index is 1.62. The first kappa shape index (κ1) is 14.8. The molecule has 0 saturated carbocycles. The Morgan fingerprint density at radius 3 is 2.62 bits per heavy atom. The van der Waals surface area contributed by atoms with Gasteiger partial charge >= 0.3 is 0 Å². The van der Waals surface area contributed by atoms with Crippen molar-refractivity contribution in [1.82, 2.24) is 15.1 Å². The maximum Gasteiger partial charge on any atom is 0.254 e. The van der Waals surface area contributed by atoms with Crippen molar-refractivity contribution in [2.24, 2.45) is 0 Å². The van der Waals surface area contributed by atoms with Crippen molar-refractivity contribution < 1.29 is 4.79 Å². The number of hydrogen-bond acceptors (Lipinski definition) is 3. The summed E-state index contributed by atoms with van der Waals surface area (Å²) in [5.41, 5.74) is 1.73. The second kappa shape index (κ2) is 6.34. The summed E-state index contributed by atoms with van der Waals surface area (Å²) in [6.07, 6.45) is 1.22. The van der Waals surface area contributed by atoms with Crippen LogP contribution < -0.4 is 5.32 Å². The first-order valence-corrected chi connectivity index (χ1v) is 8.02. The quantitative estimate of drug-likeness (QED) is 0.904. The van der Waals surface area contributed by atoms with Crippen molar-refractivity contribution in [3.05, 3.63) is 34.3 Å². The van der Waals surface area contributed by atoms with Crippen LogP contribution in [0, 0.1) is 6.92 Å². The molecule has 2 heterocycles. The van der Waals surface area contributed by atoms with Gasteiger partial charge in [0.05, 0.1) is 0 Å².